The highest BCUT2D eigenvalue weighted by molar-refractivity contribution is 5.95. The van der Waals surface area contributed by atoms with Crippen molar-refractivity contribution in [2.45, 2.75) is 25.3 Å². The number of hydrogen-bond acceptors (Lipinski definition) is 4. The largest absolute Gasteiger partial charge is 0.493 e. The van der Waals surface area contributed by atoms with Gasteiger partial charge in [0.1, 0.15) is 5.75 Å². The lowest BCUT2D eigenvalue weighted by molar-refractivity contribution is -0.121. The average molecular weight is 291 g/mol. The molecule has 2 amide bonds. The number of amides is 2. The van der Waals surface area contributed by atoms with Crippen molar-refractivity contribution in [3.63, 3.8) is 0 Å². The normalized spacial score (nSPS) is 17.3. The zero-order chi connectivity index (χ0) is 15.1. The fourth-order valence-electron chi connectivity index (χ4n) is 2.16. The van der Waals surface area contributed by atoms with E-state index in [1.165, 1.54) is 0 Å². The van der Waals surface area contributed by atoms with Crippen LogP contribution in [0.4, 0.5) is 5.69 Å². The number of hydrogen-bond donors (Lipinski definition) is 3. The molecule has 0 saturated carbocycles. The lowest BCUT2D eigenvalue weighted by atomic mass is 10.2. The number of anilines is 1. The Hall–Kier alpha value is -2.08. The summed E-state index contributed by atoms with van der Waals surface area (Å²) in [6.07, 6.45) is 2.24. The average Bonchev–Trinajstić information content (AvgIpc) is 3.03. The van der Waals surface area contributed by atoms with Crippen LogP contribution >= 0.6 is 0 Å². The number of carbonyl (C=O) groups excluding carboxylic acids is 2. The van der Waals surface area contributed by atoms with E-state index in [2.05, 4.69) is 16.0 Å². The molecule has 0 radical (unpaired) electrons. The SMILES string of the molecule is CNC(=O)CCOc1ccc(NC(=O)C2CCCN2)cc1. The Morgan fingerprint density at radius 1 is 1.33 bits per heavy atom. The van der Waals surface area contributed by atoms with Gasteiger partial charge in [-0.05, 0) is 43.7 Å². The quantitative estimate of drug-likeness (QED) is 0.727. The maximum atomic E-state index is 11.9. The number of carbonyl (C=O) groups is 2. The van der Waals surface area contributed by atoms with Crippen molar-refractivity contribution in [1.82, 2.24) is 10.6 Å². The van der Waals surface area contributed by atoms with Gasteiger partial charge < -0.3 is 20.7 Å². The molecule has 1 aliphatic rings. The third kappa shape index (κ3) is 4.75. The maximum absolute atomic E-state index is 11.9. The van der Waals surface area contributed by atoms with Gasteiger partial charge in [-0.3, -0.25) is 9.59 Å². The molecule has 114 valence electrons. The second-order valence-corrected chi connectivity index (χ2v) is 4.93. The summed E-state index contributed by atoms with van der Waals surface area (Å²) in [4.78, 5) is 23.0. The molecule has 2 rings (SSSR count). The highest BCUT2D eigenvalue weighted by atomic mass is 16.5. The molecule has 1 heterocycles. The van der Waals surface area contributed by atoms with Crippen LogP contribution in [0, 0.1) is 0 Å². The third-order valence-electron chi connectivity index (χ3n) is 3.38. The number of nitrogens with one attached hydrogen (secondary N) is 3. The Balaban J connectivity index is 1.78. The van der Waals surface area contributed by atoms with Gasteiger partial charge in [-0.15, -0.1) is 0 Å². The minimum Gasteiger partial charge on any atom is -0.493 e. The number of rotatable bonds is 6. The predicted molar refractivity (Wildman–Crippen MR) is 80.3 cm³/mol. The Labute approximate surface area is 124 Å². The molecule has 1 aromatic rings. The van der Waals surface area contributed by atoms with Crippen LogP contribution in [0.2, 0.25) is 0 Å². The summed E-state index contributed by atoms with van der Waals surface area (Å²) < 4.78 is 5.45. The lowest BCUT2D eigenvalue weighted by Gasteiger charge is -2.11. The van der Waals surface area contributed by atoms with E-state index < -0.39 is 0 Å². The summed E-state index contributed by atoms with van der Waals surface area (Å²) >= 11 is 0. The fraction of sp³-hybridized carbons (Fsp3) is 0.467. The minimum atomic E-state index is -0.0894. The summed E-state index contributed by atoms with van der Waals surface area (Å²) in [6.45, 7) is 1.23. The number of benzene rings is 1. The molecule has 1 aliphatic heterocycles. The van der Waals surface area contributed by atoms with Crippen molar-refractivity contribution in [2.24, 2.45) is 0 Å². The van der Waals surface area contributed by atoms with Crippen molar-refractivity contribution < 1.29 is 14.3 Å². The first-order valence-corrected chi connectivity index (χ1v) is 7.17. The molecule has 1 aromatic carbocycles. The van der Waals surface area contributed by atoms with Crippen LogP contribution in [-0.4, -0.2) is 38.1 Å². The first-order valence-electron chi connectivity index (χ1n) is 7.17. The molecule has 0 bridgehead atoms. The van der Waals surface area contributed by atoms with E-state index in [9.17, 15) is 9.59 Å². The molecule has 1 atom stereocenters. The van der Waals surface area contributed by atoms with Gasteiger partial charge in [-0.1, -0.05) is 0 Å². The smallest absolute Gasteiger partial charge is 0.241 e. The van der Waals surface area contributed by atoms with Gasteiger partial charge in [-0.25, -0.2) is 0 Å². The third-order valence-corrected chi connectivity index (χ3v) is 3.38. The van der Waals surface area contributed by atoms with Crippen molar-refractivity contribution >= 4 is 17.5 Å². The zero-order valence-electron chi connectivity index (χ0n) is 12.1. The molecule has 1 saturated heterocycles. The Bertz CT molecular complexity index is 481. The van der Waals surface area contributed by atoms with Gasteiger partial charge >= 0.3 is 0 Å². The summed E-state index contributed by atoms with van der Waals surface area (Å²) in [5.41, 5.74) is 0.743. The zero-order valence-corrected chi connectivity index (χ0v) is 12.1. The van der Waals surface area contributed by atoms with Crippen LogP contribution in [-0.2, 0) is 9.59 Å². The molecule has 0 aromatic heterocycles. The standard InChI is InChI=1S/C15H21N3O3/c1-16-14(19)8-10-21-12-6-4-11(5-7-12)18-15(20)13-3-2-9-17-13/h4-7,13,17H,2-3,8-10H2,1H3,(H,16,19)(H,18,20). The Morgan fingerprint density at radius 2 is 2.10 bits per heavy atom. The topological polar surface area (TPSA) is 79.5 Å². The summed E-state index contributed by atoms with van der Waals surface area (Å²) in [5, 5.41) is 8.57. The molecular weight excluding hydrogens is 270 g/mol. The van der Waals surface area contributed by atoms with E-state index in [1.807, 2.05) is 0 Å². The molecule has 0 aliphatic carbocycles. The van der Waals surface area contributed by atoms with E-state index in [0.717, 1.165) is 25.1 Å². The van der Waals surface area contributed by atoms with Crippen molar-refractivity contribution in [3.8, 4) is 5.75 Å². The lowest BCUT2D eigenvalue weighted by Crippen LogP contribution is -2.35. The summed E-state index contributed by atoms with van der Waals surface area (Å²) in [6, 6.07) is 7.06. The second kappa shape index (κ2) is 7.64. The molecule has 6 nitrogen and oxygen atoms in total. The monoisotopic (exact) mass is 291 g/mol. The Kier molecular flexibility index (Phi) is 5.57. The maximum Gasteiger partial charge on any atom is 0.241 e. The van der Waals surface area contributed by atoms with Gasteiger partial charge in [-0.2, -0.15) is 0 Å². The van der Waals surface area contributed by atoms with Gasteiger partial charge in [0.15, 0.2) is 0 Å². The fourth-order valence-corrected chi connectivity index (χ4v) is 2.16. The van der Waals surface area contributed by atoms with Crippen LogP contribution in [0.5, 0.6) is 5.75 Å². The highest BCUT2D eigenvalue weighted by Gasteiger charge is 2.21. The van der Waals surface area contributed by atoms with Crippen LogP contribution in [0.3, 0.4) is 0 Å². The molecule has 1 fully saturated rings. The summed E-state index contributed by atoms with van der Waals surface area (Å²) in [7, 11) is 1.60. The molecule has 3 N–H and O–H groups in total. The van der Waals surface area contributed by atoms with E-state index in [1.54, 1.807) is 31.3 Å². The van der Waals surface area contributed by atoms with Gasteiger partial charge in [0.25, 0.3) is 0 Å². The van der Waals surface area contributed by atoms with E-state index in [-0.39, 0.29) is 17.9 Å². The van der Waals surface area contributed by atoms with Gasteiger partial charge in [0, 0.05) is 12.7 Å². The highest BCUT2D eigenvalue weighted by Crippen LogP contribution is 2.17. The predicted octanol–water partition coefficient (Wildman–Crippen LogP) is 0.892. The van der Waals surface area contributed by atoms with Crippen molar-refractivity contribution in [2.75, 3.05) is 25.5 Å². The first-order chi connectivity index (χ1) is 10.2. The molecule has 0 spiro atoms. The van der Waals surface area contributed by atoms with E-state index >= 15 is 0 Å². The van der Waals surface area contributed by atoms with E-state index in [0.29, 0.717) is 18.8 Å². The van der Waals surface area contributed by atoms with E-state index in [4.69, 9.17) is 4.74 Å². The van der Waals surface area contributed by atoms with Crippen molar-refractivity contribution in [3.05, 3.63) is 24.3 Å². The molecular formula is C15H21N3O3. The molecule has 6 heteroatoms. The molecule has 1 unspecified atom stereocenters. The van der Waals surface area contributed by atoms with Crippen LogP contribution in [0.15, 0.2) is 24.3 Å². The van der Waals surface area contributed by atoms with Gasteiger partial charge in [0.2, 0.25) is 11.8 Å². The Morgan fingerprint density at radius 3 is 2.71 bits per heavy atom. The molecule has 21 heavy (non-hydrogen) atoms. The van der Waals surface area contributed by atoms with Crippen LogP contribution < -0.4 is 20.7 Å². The minimum absolute atomic E-state index is 0.000727. The van der Waals surface area contributed by atoms with Gasteiger partial charge in [0.05, 0.1) is 19.1 Å². The summed E-state index contributed by atoms with van der Waals surface area (Å²) in [5.74, 6) is 0.625. The second-order valence-electron chi connectivity index (χ2n) is 4.93. The van der Waals surface area contributed by atoms with Crippen molar-refractivity contribution in [1.29, 1.82) is 0 Å². The first kappa shape index (κ1) is 15.3. The number of ether oxygens (including phenoxy) is 1. The van der Waals surface area contributed by atoms with Crippen LogP contribution in [0.25, 0.3) is 0 Å². The van der Waals surface area contributed by atoms with Crippen LogP contribution in [0.1, 0.15) is 19.3 Å².